The third-order valence-corrected chi connectivity index (χ3v) is 2.24. The summed E-state index contributed by atoms with van der Waals surface area (Å²) in [6.45, 7) is 0. The molecule has 5 heteroatoms. The summed E-state index contributed by atoms with van der Waals surface area (Å²) in [5.74, 6) is -0.783. The van der Waals surface area contributed by atoms with E-state index in [1.807, 2.05) is 12.1 Å². The number of carboxylic acids is 1. The Kier molecular flexibility index (Phi) is 5.00. The van der Waals surface area contributed by atoms with E-state index in [1.54, 1.807) is 12.1 Å². The number of hydrogen-bond donors (Lipinski definition) is 2. The Balaban J connectivity index is 2.44. The number of amides is 1. The average Bonchev–Trinajstić information content (AvgIpc) is 2.31. The van der Waals surface area contributed by atoms with Crippen molar-refractivity contribution in [2.75, 3.05) is 12.4 Å². The van der Waals surface area contributed by atoms with Crippen LogP contribution in [0.25, 0.3) is 0 Å². The highest BCUT2D eigenvalue weighted by Crippen LogP contribution is 2.12. The van der Waals surface area contributed by atoms with Crippen LogP contribution in [-0.4, -0.2) is 24.3 Å². The van der Waals surface area contributed by atoms with E-state index < -0.39 is 12.1 Å². The molecule has 92 valence electrons. The lowest BCUT2D eigenvalue weighted by Crippen LogP contribution is -2.10. The molecule has 0 unspecified atom stereocenters. The number of anilines is 1. The molecule has 0 atom stereocenters. The highest BCUT2D eigenvalue weighted by molar-refractivity contribution is 5.84. The molecule has 0 aromatic heterocycles. The Morgan fingerprint density at radius 1 is 1.29 bits per heavy atom. The van der Waals surface area contributed by atoms with Gasteiger partial charge in [-0.2, -0.15) is 0 Å². The van der Waals surface area contributed by atoms with Gasteiger partial charge < -0.3 is 9.84 Å². The summed E-state index contributed by atoms with van der Waals surface area (Å²) < 4.78 is 4.46. The molecule has 0 saturated heterocycles. The van der Waals surface area contributed by atoms with Crippen LogP contribution < -0.4 is 5.32 Å². The van der Waals surface area contributed by atoms with Gasteiger partial charge in [-0.25, -0.2) is 4.79 Å². The number of aryl methyl sites for hydroxylation is 1. The molecule has 1 rings (SSSR count). The number of ether oxygens (including phenoxy) is 1. The molecule has 0 spiro atoms. The molecular weight excluding hydrogens is 222 g/mol. The maximum absolute atomic E-state index is 10.9. The fourth-order valence-corrected chi connectivity index (χ4v) is 1.37. The van der Waals surface area contributed by atoms with Crippen molar-refractivity contribution in [3.8, 4) is 0 Å². The smallest absolute Gasteiger partial charge is 0.411 e. The highest BCUT2D eigenvalue weighted by Gasteiger charge is 2.01. The topological polar surface area (TPSA) is 75.6 Å². The fraction of sp³-hybridized carbons (Fsp3) is 0.333. The van der Waals surface area contributed by atoms with E-state index >= 15 is 0 Å². The van der Waals surface area contributed by atoms with Gasteiger partial charge in [0.2, 0.25) is 0 Å². The minimum Gasteiger partial charge on any atom is -0.481 e. The second kappa shape index (κ2) is 6.52. The van der Waals surface area contributed by atoms with Crippen LogP contribution in [0.2, 0.25) is 0 Å². The second-order valence-corrected chi connectivity index (χ2v) is 3.56. The first-order valence-corrected chi connectivity index (χ1v) is 5.27. The molecule has 0 aliphatic rings. The van der Waals surface area contributed by atoms with Crippen molar-refractivity contribution in [1.82, 2.24) is 0 Å². The lowest BCUT2D eigenvalue weighted by Gasteiger charge is -2.05. The van der Waals surface area contributed by atoms with Crippen LogP contribution in [0.1, 0.15) is 18.4 Å². The monoisotopic (exact) mass is 237 g/mol. The molecule has 0 saturated carbocycles. The zero-order valence-corrected chi connectivity index (χ0v) is 9.60. The predicted molar refractivity (Wildman–Crippen MR) is 63.0 cm³/mol. The van der Waals surface area contributed by atoms with Crippen molar-refractivity contribution in [2.45, 2.75) is 19.3 Å². The van der Waals surface area contributed by atoms with Crippen molar-refractivity contribution in [3.05, 3.63) is 29.8 Å². The molecule has 0 aliphatic carbocycles. The molecule has 1 aromatic rings. The summed E-state index contributed by atoms with van der Waals surface area (Å²) in [4.78, 5) is 21.3. The van der Waals surface area contributed by atoms with Crippen molar-refractivity contribution < 1.29 is 19.4 Å². The number of nitrogens with one attached hydrogen (secondary N) is 1. The number of carbonyl (C=O) groups excluding carboxylic acids is 1. The lowest BCUT2D eigenvalue weighted by molar-refractivity contribution is -0.137. The van der Waals surface area contributed by atoms with Crippen molar-refractivity contribution in [3.63, 3.8) is 0 Å². The number of rotatable bonds is 5. The normalized spacial score (nSPS) is 9.71. The molecule has 0 aliphatic heterocycles. The van der Waals surface area contributed by atoms with Crippen LogP contribution >= 0.6 is 0 Å². The number of hydrogen-bond acceptors (Lipinski definition) is 3. The fourth-order valence-electron chi connectivity index (χ4n) is 1.37. The Hall–Kier alpha value is -2.04. The van der Waals surface area contributed by atoms with Gasteiger partial charge in [-0.1, -0.05) is 12.1 Å². The van der Waals surface area contributed by atoms with Crippen LogP contribution in [-0.2, 0) is 16.0 Å². The summed E-state index contributed by atoms with van der Waals surface area (Å²) >= 11 is 0. The zero-order chi connectivity index (χ0) is 12.7. The molecule has 0 fully saturated rings. The van der Waals surface area contributed by atoms with Gasteiger partial charge in [0.15, 0.2) is 0 Å². The van der Waals surface area contributed by atoms with E-state index in [9.17, 15) is 9.59 Å². The van der Waals surface area contributed by atoms with Crippen molar-refractivity contribution in [1.29, 1.82) is 0 Å². The Labute approximate surface area is 99.4 Å². The van der Waals surface area contributed by atoms with Gasteiger partial charge in [0.25, 0.3) is 0 Å². The SMILES string of the molecule is COC(=O)Nc1ccc(CCCC(=O)O)cc1. The van der Waals surface area contributed by atoms with Crippen LogP contribution in [0, 0.1) is 0 Å². The van der Waals surface area contributed by atoms with Crippen LogP contribution in [0.3, 0.4) is 0 Å². The molecule has 2 N–H and O–H groups in total. The zero-order valence-electron chi connectivity index (χ0n) is 9.60. The number of aliphatic carboxylic acids is 1. The number of benzene rings is 1. The Bertz CT molecular complexity index is 386. The van der Waals surface area contributed by atoms with E-state index in [2.05, 4.69) is 10.1 Å². The molecule has 5 nitrogen and oxygen atoms in total. The summed E-state index contributed by atoms with van der Waals surface area (Å²) in [6, 6.07) is 7.22. The van der Waals surface area contributed by atoms with E-state index in [1.165, 1.54) is 7.11 Å². The summed E-state index contributed by atoms with van der Waals surface area (Å²) in [5, 5.41) is 11.0. The van der Waals surface area contributed by atoms with Gasteiger partial charge >= 0.3 is 12.1 Å². The minimum absolute atomic E-state index is 0.169. The first-order valence-electron chi connectivity index (χ1n) is 5.27. The van der Waals surface area contributed by atoms with Crippen LogP contribution in [0.4, 0.5) is 10.5 Å². The molecular formula is C12H15NO4. The lowest BCUT2D eigenvalue weighted by atomic mass is 10.1. The standard InChI is InChI=1S/C12H15NO4/c1-17-12(16)13-10-7-5-9(6-8-10)3-2-4-11(14)15/h5-8H,2-4H2,1H3,(H,13,16)(H,14,15). The third kappa shape index (κ3) is 5.01. The first-order chi connectivity index (χ1) is 8.11. The minimum atomic E-state index is -0.783. The summed E-state index contributed by atoms with van der Waals surface area (Å²) in [6.07, 6.45) is 0.982. The van der Waals surface area contributed by atoms with Gasteiger partial charge in [-0.3, -0.25) is 10.1 Å². The van der Waals surface area contributed by atoms with Gasteiger partial charge in [0, 0.05) is 12.1 Å². The van der Waals surface area contributed by atoms with Crippen molar-refractivity contribution in [2.24, 2.45) is 0 Å². The first kappa shape index (κ1) is 13.0. The number of carboxylic acid groups (broad SMARTS) is 1. The van der Waals surface area contributed by atoms with Gasteiger partial charge in [-0.15, -0.1) is 0 Å². The Morgan fingerprint density at radius 2 is 1.94 bits per heavy atom. The molecule has 0 heterocycles. The highest BCUT2D eigenvalue weighted by atomic mass is 16.5. The number of carbonyl (C=O) groups is 2. The predicted octanol–water partition coefficient (Wildman–Crippen LogP) is 2.27. The molecule has 0 bridgehead atoms. The summed E-state index contributed by atoms with van der Waals surface area (Å²) in [7, 11) is 1.30. The van der Waals surface area contributed by atoms with E-state index in [-0.39, 0.29) is 6.42 Å². The molecule has 0 radical (unpaired) electrons. The van der Waals surface area contributed by atoms with E-state index in [0.29, 0.717) is 18.5 Å². The maximum atomic E-state index is 10.9. The maximum Gasteiger partial charge on any atom is 0.411 e. The average molecular weight is 237 g/mol. The Morgan fingerprint density at radius 3 is 2.47 bits per heavy atom. The summed E-state index contributed by atoms with van der Waals surface area (Å²) in [5.41, 5.74) is 1.69. The second-order valence-electron chi connectivity index (χ2n) is 3.56. The largest absolute Gasteiger partial charge is 0.481 e. The molecule has 1 amide bonds. The van der Waals surface area contributed by atoms with Crippen LogP contribution in [0.5, 0.6) is 0 Å². The quantitative estimate of drug-likeness (QED) is 0.823. The van der Waals surface area contributed by atoms with E-state index in [0.717, 1.165) is 5.56 Å². The van der Waals surface area contributed by atoms with E-state index in [4.69, 9.17) is 5.11 Å². The van der Waals surface area contributed by atoms with Crippen LogP contribution in [0.15, 0.2) is 24.3 Å². The van der Waals surface area contributed by atoms with Gasteiger partial charge in [-0.05, 0) is 30.5 Å². The van der Waals surface area contributed by atoms with Gasteiger partial charge in [0.1, 0.15) is 0 Å². The third-order valence-electron chi connectivity index (χ3n) is 2.24. The molecule has 17 heavy (non-hydrogen) atoms. The number of methoxy groups -OCH3 is 1. The molecule has 1 aromatic carbocycles. The van der Waals surface area contributed by atoms with Gasteiger partial charge in [0.05, 0.1) is 7.11 Å². The van der Waals surface area contributed by atoms with Crippen molar-refractivity contribution >= 4 is 17.7 Å².